The number of benzene rings is 1. The van der Waals surface area contributed by atoms with Gasteiger partial charge in [0.15, 0.2) is 6.73 Å². The maximum atomic E-state index is 12.4. The number of carbonyl (C=O) groups excluding carboxylic acids is 1. The van der Waals surface area contributed by atoms with E-state index in [4.69, 9.17) is 16.3 Å². The molecule has 1 N–H and O–H groups in total. The Kier molecular flexibility index (Phi) is 5.27. The summed E-state index contributed by atoms with van der Waals surface area (Å²) in [5.41, 5.74) is 2.19. The molecule has 0 aliphatic carbocycles. The first-order chi connectivity index (χ1) is 12.4. The molecule has 136 valence electrons. The van der Waals surface area contributed by atoms with Gasteiger partial charge in [-0.25, -0.2) is 4.68 Å². The highest BCUT2D eigenvalue weighted by Gasteiger charge is 2.17. The van der Waals surface area contributed by atoms with Crippen LogP contribution in [0.2, 0.25) is 5.02 Å². The molecule has 2 aromatic heterocycles. The fraction of sp³-hybridized carbons (Fsp3) is 0.278. The predicted molar refractivity (Wildman–Crippen MR) is 98.1 cm³/mol. The Balaban J connectivity index is 1.60. The molecular weight excluding hydrogens is 354 g/mol. The van der Waals surface area contributed by atoms with Crippen LogP contribution in [0.15, 0.2) is 42.7 Å². The van der Waals surface area contributed by atoms with Gasteiger partial charge in [-0.3, -0.25) is 9.48 Å². The molecule has 7 nitrogen and oxygen atoms in total. The van der Waals surface area contributed by atoms with E-state index >= 15 is 0 Å². The largest absolute Gasteiger partial charge is 0.471 e. The van der Waals surface area contributed by atoms with Gasteiger partial charge in [0.2, 0.25) is 0 Å². The lowest BCUT2D eigenvalue weighted by molar-refractivity contribution is 0.0932. The smallest absolute Gasteiger partial charge is 0.272 e. The molecule has 26 heavy (non-hydrogen) atoms. The number of aromatic nitrogens is 4. The van der Waals surface area contributed by atoms with Crippen LogP contribution in [0.25, 0.3) is 0 Å². The van der Waals surface area contributed by atoms with E-state index in [2.05, 4.69) is 15.5 Å². The number of ether oxygens (including phenoxy) is 1. The predicted octanol–water partition coefficient (Wildman–Crippen LogP) is 3.11. The van der Waals surface area contributed by atoms with Gasteiger partial charge in [-0.2, -0.15) is 10.2 Å². The number of rotatable bonds is 6. The third-order valence-corrected chi connectivity index (χ3v) is 4.13. The molecule has 0 fully saturated rings. The topological polar surface area (TPSA) is 74.0 Å². The van der Waals surface area contributed by atoms with Gasteiger partial charge in [0.1, 0.15) is 11.4 Å². The van der Waals surface area contributed by atoms with Crippen molar-refractivity contribution in [2.45, 2.75) is 26.6 Å². The number of hydrogen-bond donors (Lipinski definition) is 1. The summed E-state index contributed by atoms with van der Waals surface area (Å²) in [7, 11) is 1.85. The van der Waals surface area contributed by atoms with E-state index in [1.807, 2.05) is 27.1 Å². The molecule has 1 unspecified atom stereocenters. The molecule has 3 rings (SSSR count). The maximum Gasteiger partial charge on any atom is 0.272 e. The second kappa shape index (κ2) is 7.61. The molecule has 8 heteroatoms. The van der Waals surface area contributed by atoms with Crippen LogP contribution in [0.1, 0.15) is 34.7 Å². The minimum atomic E-state index is -0.248. The van der Waals surface area contributed by atoms with Gasteiger partial charge in [-0.05, 0) is 38.1 Å². The van der Waals surface area contributed by atoms with Crippen molar-refractivity contribution < 1.29 is 9.53 Å². The van der Waals surface area contributed by atoms with Crippen LogP contribution in [0.3, 0.4) is 0 Å². The summed E-state index contributed by atoms with van der Waals surface area (Å²) in [5.74, 6) is 0.391. The number of halogens is 1. The average Bonchev–Trinajstić information content (AvgIpc) is 3.19. The van der Waals surface area contributed by atoms with Crippen LogP contribution in [0.5, 0.6) is 5.75 Å². The van der Waals surface area contributed by atoms with E-state index in [1.54, 1.807) is 45.9 Å². The summed E-state index contributed by atoms with van der Waals surface area (Å²) in [5, 5.41) is 12.1. The molecule has 0 bridgehead atoms. The molecule has 0 saturated carbocycles. The zero-order valence-corrected chi connectivity index (χ0v) is 15.6. The van der Waals surface area contributed by atoms with Crippen molar-refractivity contribution >= 4 is 17.5 Å². The summed E-state index contributed by atoms with van der Waals surface area (Å²) >= 11 is 5.92. The molecule has 0 aliphatic rings. The molecule has 0 aliphatic heterocycles. The van der Waals surface area contributed by atoms with Crippen molar-refractivity contribution in [3.05, 3.63) is 64.7 Å². The van der Waals surface area contributed by atoms with Crippen molar-refractivity contribution in [3.8, 4) is 5.75 Å². The summed E-state index contributed by atoms with van der Waals surface area (Å²) < 4.78 is 8.89. The Hall–Kier alpha value is -2.80. The van der Waals surface area contributed by atoms with Crippen LogP contribution >= 0.6 is 11.6 Å². The van der Waals surface area contributed by atoms with Crippen LogP contribution in [-0.4, -0.2) is 25.5 Å². The van der Waals surface area contributed by atoms with Crippen molar-refractivity contribution in [1.29, 1.82) is 0 Å². The zero-order valence-electron chi connectivity index (χ0n) is 14.8. The molecular formula is C18H20ClN5O2. The van der Waals surface area contributed by atoms with E-state index in [9.17, 15) is 4.79 Å². The first-order valence-corrected chi connectivity index (χ1v) is 8.53. The van der Waals surface area contributed by atoms with Gasteiger partial charge < -0.3 is 10.1 Å². The van der Waals surface area contributed by atoms with Crippen molar-refractivity contribution in [3.63, 3.8) is 0 Å². The van der Waals surface area contributed by atoms with Crippen LogP contribution in [0.4, 0.5) is 0 Å². The normalized spacial score (nSPS) is 12.0. The first kappa shape index (κ1) is 18.0. The zero-order chi connectivity index (χ0) is 18.7. The molecule has 0 spiro atoms. The van der Waals surface area contributed by atoms with Crippen LogP contribution in [0, 0.1) is 6.92 Å². The second-order valence-electron chi connectivity index (χ2n) is 6.01. The van der Waals surface area contributed by atoms with E-state index in [1.165, 1.54) is 0 Å². The number of hydrogen-bond acceptors (Lipinski definition) is 4. The SMILES string of the molecule is Cc1nn(C)cc1C(C)NC(=O)c1ccn(COc2cccc(Cl)c2)n1. The van der Waals surface area contributed by atoms with E-state index in [-0.39, 0.29) is 18.7 Å². The Morgan fingerprint density at radius 2 is 2.15 bits per heavy atom. The first-order valence-electron chi connectivity index (χ1n) is 8.15. The molecule has 2 heterocycles. The molecule has 3 aromatic rings. The number of amides is 1. The molecule has 1 atom stereocenters. The lowest BCUT2D eigenvalue weighted by Crippen LogP contribution is -2.27. The number of aryl methyl sites for hydroxylation is 2. The maximum absolute atomic E-state index is 12.4. The van der Waals surface area contributed by atoms with Gasteiger partial charge in [-0.1, -0.05) is 17.7 Å². The quantitative estimate of drug-likeness (QED) is 0.720. The number of nitrogens with zero attached hydrogens (tertiary/aromatic N) is 4. The fourth-order valence-electron chi connectivity index (χ4n) is 2.64. The van der Waals surface area contributed by atoms with Gasteiger partial charge in [0, 0.05) is 30.0 Å². The minimum Gasteiger partial charge on any atom is -0.471 e. The lowest BCUT2D eigenvalue weighted by atomic mass is 10.1. The van der Waals surface area contributed by atoms with Gasteiger partial charge >= 0.3 is 0 Å². The highest BCUT2D eigenvalue weighted by atomic mass is 35.5. The minimum absolute atomic E-state index is 0.163. The molecule has 0 radical (unpaired) electrons. The summed E-state index contributed by atoms with van der Waals surface area (Å²) in [4.78, 5) is 12.4. The second-order valence-corrected chi connectivity index (χ2v) is 6.45. The summed E-state index contributed by atoms with van der Waals surface area (Å²) in [6.45, 7) is 4.02. The standard InChI is InChI=1S/C18H20ClN5O2/c1-12(16-10-23(3)21-13(16)2)20-18(25)17-7-8-24(22-17)11-26-15-6-4-5-14(19)9-15/h4-10,12H,11H2,1-3H3,(H,20,25). The Bertz CT molecular complexity index is 918. The number of carbonyl (C=O) groups is 1. The highest BCUT2D eigenvalue weighted by Crippen LogP contribution is 2.18. The Labute approximate surface area is 156 Å². The van der Waals surface area contributed by atoms with E-state index < -0.39 is 0 Å². The summed E-state index contributed by atoms with van der Waals surface area (Å²) in [6, 6.07) is 8.60. The molecule has 1 aromatic carbocycles. The summed E-state index contributed by atoms with van der Waals surface area (Å²) in [6.07, 6.45) is 3.59. The van der Waals surface area contributed by atoms with E-state index in [0.29, 0.717) is 16.5 Å². The van der Waals surface area contributed by atoms with Gasteiger partial charge in [0.05, 0.1) is 11.7 Å². The van der Waals surface area contributed by atoms with Gasteiger partial charge in [-0.15, -0.1) is 0 Å². The van der Waals surface area contributed by atoms with Crippen molar-refractivity contribution in [2.24, 2.45) is 7.05 Å². The Morgan fingerprint density at radius 1 is 1.35 bits per heavy atom. The van der Waals surface area contributed by atoms with Crippen molar-refractivity contribution in [2.75, 3.05) is 0 Å². The highest BCUT2D eigenvalue weighted by molar-refractivity contribution is 6.30. The Morgan fingerprint density at radius 3 is 2.85 bits per heavy atom. The lowest BCUT2D eigenvalue weighted by Gasteiger charge is -2.12. The van der Waals surface area contributed by atoms with Crippen LogP contribution < -0.4 is 10.1 Å². The average molecular weight is 374 g/mol. The van der Waals surface area contributed by atoms with Gasteiger partial charge in [0.25, 0.3) is 5.91 Å². The molecule has 1 amide bonds. The van der Waals surface area contributed by atoms with Crippen LogP contribution in [-0.2, 0) is 13.8 Å². The third kappa shape index (κ3) is 4.23. The van der Waals surface area contributed by atoms with E-state index in [0.717, 1.165) is 11.3 Å². The number of nitrogens with one attached hydrogen (secondary N) is 1. The third-order valence-electron chi connectivity index (χ3n) is 3.90. The van der Waals surface area contributed by atoms with Crippen molar-refractivity contribution in [1.82, 2.24) is 24.9 Å². The monoisotopic (exact) mass is 373 g/mol. The fourth-order valence-corrected chi connectivity index (χ4v) is 2.82. The molecule has 0 saturated heterocycles.